The van der Waals surface area contributed by atoms with Crippen LogP contribution in [0.15, 0.2) is 40.9 Å². The normalized spacial score (nSPS) is 20.3. The van der Waals surface area contributed by atoms with E-state index in [1.165, 1.54) is 13.2 Å². The topological polar surface area (TPSA) is 103 Å². The summed E-state index contributed by atoms with van der Waals surface area (Å²) in [5, 5.41) is 23.2. The minimum absolute atomic E-state index is 0.00149. The van der Waals surface area contributed by atoms with Crippen LogP contribution in [0.1, 0.15) is 30.7 Å². The molecular weight excluding hydrogens is 332 g/mol. The third-order valence-electron chi connectivity index (χ3n) is 4.82. The van der Waals surface area contributed by atoms with Crippen LogP contribution in [-0.2, 0) is 4.79 Å². The van der Waals surface area contributed by atoms with E-state index in [-0.39, 0.29) is 11.5 Å². The van der Waals surface area contributed by atoms with Crippen molar-refractivity contribution in [3.8, 4) is 17.6 Å². The smallest absolute Gasteiger partial charge is 0.161 e. The van der Waals surface area contributed by atoms with E-state index >= 15 is 0 Å². The Balaban J connectivity index is 2.26. The van der Waals surface area contributed by atoms with E-state index in [9.17, 15) is 15.2 Å². The van der Waals surface area contributed by atoms with Gasteiger partial charge in [-0.2, -0.15) is 5.26 Å². The summed E-state index contributed by atoms with van der Waals surface area (Å²) in [6, 6.07) is 7.05. The Bertz CT molecular complexity index is 864. The lowest BCUT2D eigenvalue weighted by Gasteiger charge is -2.42. The van der Waals surface area contributed by atoms with Crippen LogP contribution in [0.3, 0.4) is 0 Å². The molecule has 1 aromatic carbocycles. The van der Waals surface area contributed by atoms with E-state index in [1.54, 1.807) is 22.2 Å². The number of carbonyl (C=O) groups is 1. The standard InChI is InChI=1S/C19H22N4O3/c1-22(2)23-13-5-4-6-15(25)18(13)17(12(10-20)19(23)21)11-7-8-14(24)16(9-11)26-3/h7-9,17,24H,4-6,21H2,1-3H3/t17-/m0/s1. The Kier molecular flexibility index (Phi) is 4.62. The van der Waals surface area contributed by atoms with Gasteiger partial charge in [0, 0.05) is 31.8 Å². The van der Waals surface area contributed by atoms with E-state index in [2.05, 4.69) is 6.07 Å². The molecule has 1 aliphatic carbocycles. The number of ether oxygens (including phenoxy) is 1. The zero-order chi connectivity index (χ0) is 19.0. The fraction of sp³-hybridized carbons (Fsp3) is 0.368. The van der Waals surface area contributed by atoms with Crippen LogP contribution < -0.4 is 10.5 Å². The summed E-state index contributed by atoms with van der Waals surface area (Å²) >= 11 is 0. The van der Waals surface area contributed by atoms with Gasteiger partial charge in [-0.25, -0.2) is 5.01 Å². The molecular formula is C19H22N4O3. The number of hydrazine groups is 1. The minimum Gasteiger partial charge on any atom is -0.504 e. The number of hydrogen-bond acceptors (Lipinski definition) is 7. The Morgan fingerprint density at radius 1 is 1.38 bits per heavy atom. The number of nitrogens with two attached hydrogens (primary N) is 1. The van der Waals surface area contributed by atoms with E-state index in [4.69, 9.17) is 10.5 Å². The number of methoxy groups -OCH3 is 1. The average molecular weight is 354 g/mol. The largest absolute Gasteiger partial charge is 0.504 e. The first-order valence-corrected chi connectivity index (χ1v) is 8.41. The summed E-state index contributed by atoms with van der Waals surface area (Å²) in [4.78, 5) is 12.8. The highest BCUT2D eigenvalue weighted by Crippen LogP contribution is 2.46. The highest BCUT2D eigenvalue weighted by molar-refractivity contribution is 5.99. The van der Waals surface area contributed by atoms with E-state index in [0.717, 1.165) is 12.1 Å². The predicted octanol–water partition coefficient (Wildman–Crippen LogP) is 1.98. The van der Waals surface area contributed by atoms with Crippen LogP contribution in [0.4, 0.5) is 0 Å². The molecule has 3 rings (SSSR count). The van der Waals surface area contributed by atoms with Gasteiger partial charge in [0.15, 0.2) is 17.3 Å². The molecule has 1 heterocycles. The van der Waals surface area contributed by atoms with Gasteiger partial charge < -0.3 is 15.6 Å². The highest BCUT2D eigenvalue weighted by atomic mass is 16.5. The fourth-order valence-corrected chi connectivity index (χ4v) is 3.73. The van der Waals surface area contributed by atoms with Crippen LogP contribution in [0.2, 0.25) is 0 Å². The number of aromatic hydroxyl groups is 1. The molecule has 1 aliphatic heterocycles. The van der Waals surface area contributed by atoms with Crippen molar-refractivity contribution in [2.75, 3.05) is 21.2 Å². The van der Waals surface area contributed by atoms with Crippen LogP contribution in [-0.4, -0.2) is 42.1 Å². The summed E-state index contributed by atoms with van der Waals surface area (Å²) < 4.78 is 5.19. The molecule has 7 nitrogen and oxygen atoms in total. The van der Waals surface area contributed by atoms with Crippen LogP contribution in [0.25, 0.3) is 0 Å². The molecule has 136 valence electrons. The molecule has 0 unspecified atom stereocenters. The van der Waals surface area contributed by atoms with Gasteiger partial charge in [-0.05, 0) is 30.5 Å². The van der Waals surface area contributed by atoms with Crippen LogP contribution in [0.5, 0.6) is 11.5 Å². The van der Waals surface area contributed by atoms with E-state index in [1.807, 2.05) is 14.1 Å². The molecule has 0 bridgehead atoms. The van der Waals surface area contributed by atoms with Gasteiger partial charge in [-0.1, -0.05) is 6.07 Å². The third-order valence-corrected chi connectivity index (χ3v) is 4.82. The molecule has 7 heteroatoms. The maximum atomic E-state index is 12.8. The number of carbonyl (C=O) groups excluding carboxylic acids is 1. The zero-order valence-corrected chi connectivity index (χ0v) is 15.1. The molecule has 0 fully saturated rings. The number of rotatable bonds is 3. The first-order valence-electron chi connectivity index (χ1n) is 8.41. The van der Waals surface area contributed by atoms with Gasteiger partial charge in [0.25, 0.3) is 0 Å². The lowest BCUT2D eigenvalue weighted by atomic mass is 9.76. The lowest BCUT2D eigenvalue weighted by molar-refractivity contribution is -0.116. The predicted molar refractivity (Wildman–Crippen MR) is 95.6 cm³/mol. The molecule has 0 amide bonds. The van der Waals surface area contributed by atoms with Crippen molar-refractivity contribution in [3.63, 3.8) is 0 Å². The Morgan fingerprint density at radius 2 is 2.12 bits per heavy atom. The summed E-state index contributed by atoms with van der Waals surface area (Å²) in [7, 11) is 5.12. The molecule has 0 radical (unpaired) electrons. The van der Waals surface area contributed by atoms with Crippen LogP contribution in [0, 0.1) is 11.3 Å². The van der Waals surface area contributed by atoms with Crippen molar-refractivity contribution in [1.29, 1.82) is 5.26 Å². The average Bonchev–Trinajstić information content (AvgIpc) is 2.61. The van der Waals surface area contributed by atoms with E-state index < -0.39 is 5.92 Å². The monoisotopic (exact) mass is 354 g/mol. The van der Waals surface area contributed by atoms with Crippen molar-refractivity contribution < 1.29 is 14.6 Å². The molecule has 0 saturated heterocycles. The number of nitrogens with zero attached hydrogens (tertiary/aromatic N) is 3. The zero-order valence-electron chi connectivity index (χ0n) is 15.1. The summed E-state index contributed by atoms with van der Waals surface area (Å²) in [6.07, 6.45) is 1.91. The summed E-state index contributed by atoms with van der Waals surface area (Å²) in [5.74, 6) is 0.0762. The van der Waals surface area contributed by atoms with Gasteiger partial charge in [0.2, 0.25) is 0 Å². The first kappa shape index (κ1) is 17.8. The summed E-state index contributed by atoms with van der Waals surface area (Å²) in [5.41, 5.74) is 8.78. The van der Waals surface area contributed by atoms with Crippen LogP contribution >= 0.6 is 0 Å². The second-order valence-corrected chi connectivity index (χ2v) is 6.57. The molecule has 26 heavy (non-hydrogen) atoms. The molecule has 0 aromatic heterocycles. The molecule has 2 aliphatic rings. The van der Waals surface area contributed by atoms with Crippen molar-refractivity contribution in [2.24, 2.45) is 5.73 Å². The molecule has 3 N–H and O–H groups in total. The number of phenolic OH excluding ortho intramolecular Hbond substituents is 1. The maximum absolute atomic E-state index is 12.8. The van der Waals surface area contributed by atoms with Crippen molar-refractivity contribution >= 4 is 5.78 Å². The van der Waals surface area contributed by atoms with Gasteiger partial charge >= 0.3 is 0 Å². The lowest BCUT2D eigenvalue weighted by Crippen LogP contribution is -2.45. The maximum Gasteiger partial charge on any atom is 0.161 e. The molecule has 1 atom stereocenters. The molecule has 0 saturated carbocycles. The van der Waals surface area contributed by atoms with Crippen molar-refractivity contribution in [1.82, 2.24) is 10.0 Å². The van der Waals surface area contributed by atoms with Crippen molar-refractivity contribution in [3.05, 3.63) is 46.4 Å². The number of Topliss-reactive ketones (excluding diaryl/α,β-unsaturated/α-hetero) is 1. The Morgan fingerprint density at radius 3 is 2.73 bits per heavy atom. The number of hydrogen-bond donors (Lipinski definition) is 2. The van der Waals surface area contributed by atoms with Crippen molar-refractivity contribution in [2.45, 2.75) is 25.2 Å². The Hall–Kier alpha value is -2.98. The number of benzene rings is 1. The van der Waals surface area contributed by atoms with Gasteiger partial charge in [0.1, 0.15) is 5.82 Å². The van der Waals surface area contributed by atoms with E-state index in [0.29, 0.717) is 41.1 Å². The second-order valence-electron chi connectivity index (χ2n) is 6.57. The fourth-order valence-electron chi connectivity index (χ4n) is 3.73. The highest BCUT2D eigenvalue weighted by Gasteiger charge is 2.40. The second kappa shape index (κ2) is 6.73. The summed E-state index contributed by atoms with van der Waals surface area (Å²) in [6.45, 7) is 0. The van der Waals surface area contributed by atoms with Gasteiger partial charge in [0.05, 0.1) is 24.7 Å². The SMILES string of the molecule is COc1cc([C@H]2C(C#N)=C(N)N(N(C)C)C3=C2C(=O)CCC3)ccc1O. The van der Waals surface area contributed by atoms with Gasteiger partial charge in [-0.15, -0.1) is 0 Å². The number of allylic oxidation sites excluding steroid dienone is 3. The number of nitriles is 1. The quantitative estimate of drug-likeness (QED) is 0.855. The molecule has 1 aromatic rings. The number of ketones is 1. The first-order chi connectivity index (χ1) is 12.4. The third kappa shape index (κ3) is 2.68. The number of phenols is 1. The Labute approximate surface area is 152 Å². The molecule has 0 spiro atoms. The minimum atomic E-state index is -0.562. The van der Waals surface area contributed by atoms with Gasteiger partial charge in [-0.3, -0.25) is 9.80 Å².